The number of halogens is 1. The molecule has 0 bridgehead atoms. The average Bonchev–Trinajstić information content (AvgIpc) is 2.88. The second-order valence-electron chi connectivity index (χ2n) is 8.57. The molecule has 1 saturated heterocycles. The van der Waals surface area contributed by atoms with Crippen molar-refractivity contribution in [3.8, 4) is 17.0 Å². The third kappa shape index (κ3) is 4.75. The fourth-order valence-electron chi connectivity index (χ4n) is 4.40. The van der Waals surface area contributed by atoms with Crippen LogP contribution in [0.2, 0.25) is 5.02 Å². The number of carbonyl (C=O) groups excluding carboxylic acids is 1. The van der Waals surface area contributed by atoms with Crippen molar-refractivity contribution in [1.82, 2.24) is 20.3 Å². The van der Waals surface area contributed by atoms with Crippen LogP contribution in [0.15, 0.2) is 54.6 Å². The summed E-state index contributed by atoms with van der Waals surface area (Å²) >= 11 is 6.09. The molecule has 1 atom stereocenters. The zero-order valence-corrected chi connectivity index (χ0v) is 20.7. The van der Waals surface area contributed by atoms with E-state index in [1.807, 2.05) is 42.2 Å². The van der Waals surface area contributed by atoms with Crippen LogP contribution in [0.3, 0.4) is 0 Å². The molecular weight excluding hydrogens is 478 g/mol. The fraction of sp³-hybridized carbons (Fsp3) is 0.231. The van der Waals surface area contributed by atoms with E-state index < -0.39 is 6.04 Å². The Kier molecular flexibility index (Phi) is 6.58. The number of amides is 1. The molecule has 0 aliphatic carbocycles. The summed E-state index contributed by atoms with van der Waals surface area (Å²) in [6.45, 7) is 3.66. The number of carbonyl (C=O) groups is 1. The van der Waals surface area contributed by atoms with E-state index in [1.165, 1.54) is 0 Å². The van der Waals surface area contributed by atoms with Crippen molar-refractivity contribution >= 4 is 46.0 Å². The van der Waals surface area contributed by atoms with Crippen LogP contribution in [0.4, 0.5) is 17.5 Å². The van der Waals surface area contributed by atoms with Crippen LogP contribution in [0, 0.1) is 6.92 Å². The Morgan fingerprint density at radius 3 is 2.81 bits per heavy atom. The number of ether oxygens (including phenoxy) is 1. The summed E-state index contributed by atoms with van der Waals surface area (Å²) in [6, 6.07) is 16.2. The number of pyridine rings is 1. The maximum absolute atomic E-state index is 13.3. The van der Waals surface area contributed by atoms with Gasteiger partial charge in [-0.05, 0) is 61.0 Å². The number of rotatable bonds is 5. The van der Waals surface area contributed by atoms with Gasteiger partial charge in [-0.1, -0.05) is 17.7 Å². The van der Waals surface area contributed by atoms with E-state index in [0.29, 0.717) is 47.2 Å². The first kappa shape index (κ1) is 23.8. The van der Waals surface area contributed by atoms with Crippen molar-refractivity contribution < 1.29 is 9.53 Å². The fourth-order valence-corrected chi connectivity index (χ4v) is 4.59. The summed E-state index contributed by atoms with van der Waals surface area (Å²) < 4.78 is 5.39. The van der Waals surface area contributed by atoms with Gasteiger partial charge in [-0.3, -0.25) is 4.79 Å². The standard InChI is InChI=1S/C26H26ClN7O2/c1-15-12-16(6-9-22(15)36-2)19-7-8-20-23(31-19)24(33-26(28)32-20)34-11-10-29-14-21(34)25(35)30-18-5-3-4-17(27)13-18/h3-9,12-13,21,29H,10-11,14H2,1-2H3,(H,30,35)(H2,28,32,33). The number of nitrogens with one attached hydrogen (secondary N) is 2. The summed E-state index contributed by atoms with van der Waals surface area (Å²) in [5, 5.41) is 6.80. The lowest BCUT2D eigenvalue weighted by atomic mass is 10.1. The zero-order valence-electron chi connectivity index (χ0n) is 20.0. The van der Waals surface area contributed by atoms with E-state index in [2.05, 4.69) is 20.6 Å². The molecule has 1 unspecified atom stereocenters. The Hall–Kier alpha value is -3.95. The first-order valence-electron chi connectivity index (χ1n) is 11.6. The van der Waals surface area contributed by atoms with Crippen LogP contribution in [0.1, 0.15) is 5.56 Å². The molecule has 1 fully saturated rings. The molecule has 1 amide bonds. The molecule has 1 aliphatic heterocycles. The SMILES string of the molecule is COc1ccc(-c2ccc3nc(N)nc(N4CCNCC4C(=O)Nc4cccc(Cl)c4)c3n2)cc1C. The maximum atomic E-state index is 13.3. The molecular formula is C26H26ClN7O2. The lowest BCUT2D eigenvalue weighted by Gasteiger charge is -2.36. The first-order valence-corrected chi connectivity index (χ1v) is 11.9. The van der Waals surface area contributed by atoms with Gasteiger partial charge in [0.2, 0.25) is 11.9 Å². The Labute approximate surface area is 213 Å². The highest BCUT2D eigenvalue weighted by Gasteiger charge is 2.32. The Morgan fingerprint density at radius 1 is 1.17 bits per heavy atom. The number of benzene rings is 2. The van der Waals surface area contributed by atoms with Crippen molar-refractivity contribution in [2.45, 2.75) is 13.0 Å². The quantitative estimate of drug-likeness (QED) is 0.377. The predicted molar refractivity (Wildman–Crippen MR) is 143 cm³/mol. The monoisotopic (exact) mass is 503 g/mol. The highest BCUT2D eigenvalue weighted by Crippen LogP contribution is 2.30. The van der Waals surface area contributed by atoms with Crippen molar-refractivity contribution in [3.63, 3.8) is 0 Å². The lowest BCUT2D eigenvalue weighted by Crippen LogP contribution is -2.57. The number of nitrogens with zero attached hydrogens (tertiary/aromatic N) is 4. The van der Waals surface area contributed by atoms with E-state index in [4.69, 9.17) is 27.1 Å². The number of nitrogen functional groups attached to an aromatic ring is 1. The molecule has 9 nitrogen and oxygen atoms in total. The topological polar surface area (TPSA) is 118 Å². The Balaban J connectivity index is 1.54. The molecule has 4 N–H and O–H groups in total. The summed E-state index contributed by atoms with van der Waals surface area (Å²) in [7, 11) is 1.65. The van der Waals surface area contributed by atoms with Crippen LogP contribution < -0.4 is 26.0 Å². The zero-order chi connectivity index (χ0) is 25.2. The maximum Gasteiger partial charge on any atom is 0.248 e. The van der Waals surface area contributed by atoms with Gasteiger partial charge in [-0.25, -0.2) is 9.97 Å². The average molecular weight is 504 g/mol. The molecule has 36 heavy (non-hydrogen) atoms. The minimum atomic E-state index is -0.538. The molecule has 3 heterocycles. The van der Waals surface area contributed by atoms with Gasteiger partial charge in [0.05, 0.1) is 18.3 Å². The molecule has 5 rings (SSSR count). The number of anilines is 3. The Morgan fingerprint density at radius 2 is 2.03 bits per heavy atom. The van der Waals surface area contributed by atoms with E-state index in [9.17, 15) is 4.79 Å². The summed E-state index contributed by atoms with van der Waals surface area (Å²) in [4.78, 5) is 29.1. The van der Waals surface area contributed by atoms with Crippen LogP contribution >= 0.6 is 11.6 Å². The third-order valence-electron chi connectivity index (χ3n) is 6.14. The van der Waals surface area contributed by atoms with E-state index in [-0.39, 0.29) is 11.9 Å². The van der Waals surface area contributed by atoms with E-state index in [0.717, 1.165) is 22.6 Å². The molecule has 2 aromatic heterocycles. The summed E-state index contributed by atoms with van der Waals surface area (Å²) in [6.07, 6.45) is 0. The normalized spacial score (nSPS) is 15.6. The van der Waals surface area contributed by atoms with Gasteiger partial charge in [-0.2, -0.15) is 4.98 Å². The number of nitrogens with two attached hydrogens (primary N) is 1. The van der Waals surface area contributed by atoms with Crippen molar-refractivity contribution in [2.75, 3.05) is 42.7 Å². The molecule has 184 valence electrons. The first-order chi connectivity index (χ1) is 17.4. The van der Waals surface area contributed by atoms with Crippen molar-refractivity contribution in [1.29, 1.82) is 0 Å². The van der Waals surface area contributed by atoms with E-state index in [1.54, 1.807) is 31.4 Å². The number of methoxy groups -OCH3 is 1. The van der Waals surface area contributed by atoms with E-state index >= 15 is 0 Å². The number of piperazine rings is 1. The van der Waals surface area contributed by atoms with Crippen molar-refractivity contribution in [2.24, 2.45) is 0 Å². The second-order valence-corrected chi connectivity index (χ2v) is 9.00. The van der Waals surface area contributed by atoms with Gasteiger partial charge in [0.1, 0.15) is 17.3 Å². The number of hydrogen-bond acceptors (Lipinski definition) is 8. The summed E-state index contributed by atoms with van der Waals surface area (Å²) in [5.41, 5.74) is 10.6. The van der Waals surface area contributed by atoms with Crippen LogP contribution in [-0.2, 0) is 4.79 Å². The van der Waals surface area contributed by atoms with Gasteiger partial charge in [0.15, 0.2) is 5.82 Å². The van der Waals surface area contributed by atoms with Crippen molar-refractivity contribution in [3.05, 3.63) is 65.2 Å². The van der Waals surface area contributed by atoms with Gasteiger partial charge in [0.25, 0.3) is 0 Å². The lowest BCUT2D eigenvalue weighted by molar-refractivity contribution is -0.117. The van der Waals surface area contributed by atoms with Crippen LogP contribution in [0.25, 0.3) is 22.3 Å². The number of aromatic nitrogens is 3. The molecule has 2 aromatic carbocycles. The Bertz CT molecular complexity index is 1450. The molecule has 1 aliphatic rings. The highest BCUT2D eigenvalue weighted by atomic mass is 35.5. The van der Waals surface area contributed by atoms with Crippen LogP contribution in [-0.4, -0.2) is 53.6 Å². The predicted octanol–water partition coefficient (Wildman–Crippen LogP) is 3.66. The minimum absolute atomic E-state index is 0.125. The van der Waals surface area contributed by atoms with Gasteiger partial charge in [0, 0.05) is 35.9 Å². The largest absolute Gasteiger partial charge is 0.496 e. The van der Waals surface area contributed by atoms with Gasteiger partial charge >= 0.3 is 0 Å². The molecule has 4 aromatic rings. The summed E-state index contributed by atoms with van der Waals surface area (Å²) in [5.74, 6) is 1.28. The number of aryl methyl sites for hydroxylation is 1. The van der Waals surface area contributed by atoms with Gasteiger partial charge < -0.3 is 26.0 Å². The second kappa shape index (κ2) is 9.96. The molecule has 0 spiro atoms. The molecule has 0 saturated carbocycles. The van der Waals surface area contributed by atoms with Gasteiger partial charge in [-0.15, -0.1) is 0 Å². The van der Waals surface area contributed by atoms with Crippen LogP contribution in [0.5, 0.6) is 5.75 Å². The minimum Gasteiger partial charge on any atom is -0.496 e. The number of fused-ring (bicyclic) bond motifs is 1. The number of hydrogen-bond donors (Lipinski definition) is 3. The third-order valence-corrected chi connectivity index (χ3v) is 6.38. The molecule has 10 heteroatoms. The smallest absolute Gasteiger partial charge is 0.248 e. The highest BCUT2D eigenvalue weighted by molar-refractivity contribution is 6.30. The molecule has 0 radical (unpaired) electrons.